The van der Waals surface area contributed by atoms with Crippen molar-refractivity contribution in [2.24, 2.45) is 0 Å². The lowest BCUT2D eigenvalue weighted by atomic mass is 10.0. The highest BCUT2D eigenvalue weighted by Gasteiger charge is 2.21. The number of benzene rings is 5. The number of hydrogen-bond acceptors (Lipinski definition) is 4. The Hall–Kier alpha value is -5.83. The van der Waals surface area contributed by atoms with Crippen molar-refractivity contribution in [3.05, 3.63) is 154 Å². The fourth-order valence-corrected chi connectivity index (χ4v) is 5.00. The standard InChI is InChI=1S/C35H24F2N2O5/c36-28-13-9-24(10-14-28)23-5-3-22(4-6-23)20-39-32-30(33(40)38-19-21-1-7-26(8-2-21)34(41)42)17-27(18-31(32)44-35(39)43)25-11-15-29(37)16-12-25/h1-18H,19-20H2,(H,38,40)(H,41,42). The Labute approximate surface area is 249 Å². The summed E-state index contributed by atoms with van der Waals surface area (Å²) in [6.45, 7) is 0.219. The minimum Gasteiger partial charge on any atom is -0.478 e. The van der Waals surface area contributed by atoms with Crippen LogP contribution in [0.15, 0.2) is 118 Å². The topological polar surface area (TPSA) is 102 Å². The van der Waals surface area contributed by atoms with Crippen LogP contribution in [0.25, 0.3) is 33.4 Å². The maximum absolute atomic E-state index is 13.6. The zero-order valence-corrected chi connectivity index (χ0v) is 23.1. The molecule has 0 aliphatic heterocycles. The van der Waals surface area contributed by atoms with Crippen molar-refractivity contribution in [1.82, 2.24) is 9.88 Å². The van der Waals surface area contributed by atoms with Gasteiger partial charge in [0.05, 0.1) is 17.7 Å². The number of nitrogens with zero attached hydrogens (tertiary/aromatic N) is 1. The van der Waals surface area contributed by atoms with Crippen LogP contribution in [-0.4, -0.2) is 21.6 Å². The number of carbonyl (C=O) groups excluding carboxylic acids is 1. The average molecular weight is 591 g/mol. The largest absolute Gasteiger partial charge is 0.478 e. The second kappa shape index (κ2) is 11.8. The molecule has 0 fully saturated rings. The zero-order valence-electron chi connectivity index (χ0n) is 23.1. The number of amides is 1. The minimum atomic E-state index is -1.05. The van der Waals surface area contributed by atoms with Crippen molar-refractivity contribution in [3.8, 4) is 22.3 Å². The lowest BCUT2D eigenvalue weighted by molar-refractivity contribution is 0.0696. The number of aromatic carboxylic acids is 1. The number of carbonyl (C=O) groups is 2. The molecule has 1 amide bonds. The van der Waals surface area contributed by atoms with Gasteiger partial charge in [-0.2, -0.15) is 0 Å². The van der Waals surface area contributed by atoms with Gasteiger partial charge in [0.1, 0.15) is 17.2 Å². The molecule has 0 unspecified atom stereocenters. The maximum Gasteiger partial charge on any atom is 0.420 e. The number of aromatic nitrogens is 1. The predicted molar refractivity (Wildman–Crippen MR) is 161 cm³/mol. The molecule has 6 rings (SSSR count). The number of oxazole rings is 1. The molecule has 0 aliphatic carbocycles. The van der Waals surface area contributed by atoms with Gasteiger partial charge in [-0.3, -0.25) is 9.36 Å². The molecule has 0 atom stereocenters. The Bertz CT molecular complexity index is 2050. The van der Waals surface area contributed by atoms with Crippen LogP contribution in [-0.2, 0) is 13.1 Å². The van der Waals surface area contributed by atoms with Gasteiger partial charge in [-0.1, -0.05) is 60.7 Å². The molecule has 7 nitrogen and oxygen atoms in total. The van der Waals surface area contributed by atoms with Crippen LogP contribution in [0, 0.1) is 11.6 Å². The molecule has 0 radical (unpaired) electrons. The monoisotopic (exact) mass is 590 g/mol. The van der Waals surface area contributed by atoms with Crippen LogP contribution in [0.4, 0.5) is 8.78 Å². The van der Waals surface area contributed by atoms with Crippen LogP contribution in [0.5, 0.6) is 0 Å². The van der Waals surface area contributed by atoms with Crippen LogP contribution >= 0.6 is 0 Å². The summed E-state index contributed by atoms with van der Waals surface area (Å²) in [5.41, 5.74) is 5.13. The summed E-state index contributed by atoms with van der Waals surface area (Å²) in [6, 6.07) is 28.7. The van der Waals surface area contributed by atoms with E-state index >= 15 is 0 Å². The third-order valence-electron chi connectivity index (χ3n) is 7.31. The van der Waals surface area contributed by atoms with E-state index in [1.54, 1.807) is 48.5 Å². The third kappa shape index (κ3) is 5.89. The Morgan fingerprint density at radius 1 is 0.705 bits per heavy atom. The maximum atomic E-state index is 13.6. The van der Waals surface area contributed by atoms with Gasteiger partial charge >= 0.3 is 11.7 Å². The number of carboxylic acids is 1. The van der Waals surface area contributed by atoms with Crippen LogP contribution < -0.4 is 11.1 Å². The summed E-state index contributed by atoms with van der Waals surface area (Å²) >= 11 is 0. The molecule has 0 saturated carbocycles. The van der Waals surface area contributed by atoms with Gasteiger partial charge in [0.2, 0.25) is 0 Å². The summed E-state index contributed by atoms with van der Waals surface area (Å²) in [5, 5.41) is 12.0. The normalized spacial score (nSPS) is 11.0. The summed E-state index contributed by atoms with van der Waals surface area (Å²) in [7, 11) is 0. The number of nitrogens with one attached hydrogen (secondary N) is 1. The molecular weight excluding hydrogens is 566 g/mol. The van der Waals surface area contributed by atoms with Gasteiger partial charge < -0.3 is 14.8 Å². The lowest BCUT2D eigenvalue weighted by Crippen LogP contribution is -2.24. The van der Waals surface area contributed by atoms with E-state index in [1.165, 1.54) is 41.0 Å². The second-order valence-electron chi connectivity index (χ2n) is 10.2. The van der Waals surface area contributed by atoms with Gasteiger partial charge in [0.15, 0.2) is 5.58 Å². The highest BCUT2D eigenvalue weighted by Crippen LogP contribution is 2.29. The first kappa shape index (κ1) is 28.3. The van der Waals surface area contributed by atoms with E-state index in [0.29, 0.717) is 22.2 Å². The molecule has 5 aromatic carbocycles. The fraction of sp³-hybridized carbons (Fsp3) is 0.0571. The van der Waals surface area contributed by atoms with Gasteiger partial charge in [0, 0.05) is 6.54 Å². The molecule has 0 saturated heterocycles. The van der Waals surface area contributed by atoms with Crippen molar-refractivity contribution in [2.75, 3.05) is 0 Å². The number of hydrogen-bond donors (Lipinski definition) is 2. The molecule has 9 heteroatoms. The van der Waals surface area contributed by atoms with Gasteiger partial charge in [-0.25, -0.2) is 18.4 Å². The smallest absolute Gasteiger partial charge is 0.420 e. The zero-order chi connectivity index (χ0) is 30.8. The Morgan fingerprint density at radius 3 is 1.80 bits per heavy atom. The highest BCUT2D eigenvalue weighted by atomic mass is 19.1. The number of rotatable bonds is 8. The molecule has 1 aromatic heterocycles. The third-order valence-corrected chi connectivity index (χ3v) is 7.31. The first-order chi connectivity index (χ1) is 21.2. The van der Waals surface area contributed by atoms with Gasteiger partial charge in [-0.05, 0) is 81.9 Å². The van der Waals surface area contributed by atoms with E-state index in [2.05, 4.69) is 5.32 Å². The molecule has 6 aromatic rings. The van der Waals surface area contributed by atoms with E-state index in [4.69, 9.17) is 9.52 Å². The van der Waals surface area contributed by atoms with Crippen molar-refractivity contribution in [3.63, 3.8) is 0 Å². The number of halogens is 2. The Morgan fingerprint density at radius 2 is 1.23 bits per heavy atom. The molecule has 0 aliphatic rings. The molecular formula is C35H24F2N2O5. The van der Waals surface area contributed by atoms with Crippen molar-refractivity contribution >= 4 is 23.0 Å². The first-order valence-corrected chi connectivity index (χ1v) is 13.6. The molecule has 218 valence electrons. The van der Waals surface area contributed by atoms with E-state index in [9.17, 15) is 23.2 Å². The lowest BCUT2D eigenvalue weighted by Gasteiger charge is -2.12. The van der Waals surface area contributed by atoms with Gasteiger partial charge in [0.25, 0.3) is 5.91 Å². The first-order valence-electron chi connectivity index (χ1n) is 13.6. The van der Waals surface area contributed by atoms with Gasteiger partial charge in [-0.15, -0.1) is 0 Å². The summed E-state index contributed by atoms with van der Waals surface area (Å²) in [4.78, 5) is 37.9. The van der Waals surface area contributed by atoms with Crippen molar-refractivity contribution < 1.29 is 27.9 Å². The molecule has 2 N–H and O–H groups in total. The second-order valence-corrected chi connectivity index (χ2v) is 10.2. The quantitative estimate of drug-likeness (QED) is 0.201. The molecule has 1 heterocycles. The van der Waals surface area contributed by atoms with Crippen LogP contribution in [0.2, 0.25) is 0 Å². The summed E-state index contributed by atoms with van der Waals surface area (Å²) in [6.07, 6.45) is 0. The van der Waals surface area contributed by atoms with Crippen LogP contribution in [0.1, 0.15) is 31.8 Å². The van der Waals surface area contributed by atoms with Crippen LogP contribution in [0.3, 0.4) is 0 Å². The van der Waals surface area contributed by atoms with Crippen molar-refractivity contribution in [1.29, 1.82) is 0 Å². The number of carboxylic acid groups (broad SMARTS) is 1. The molecule has 0 spiro atoms. The van der Waals surface area contributed by atoms with E-state index < -0.39 is 23.4 Å². The van der Waals surface area contributed by atoms with E-state index in [0.717, 1.165) is 16.7 Å². The summed E-state index contributed by atoms with van der Waals surface area (Å²) in [5.74, 6) is -2.93. The number of fused-ring (bicyclic) bond motifs is 1. The van der Waals surface area contributed by atoms with E-state index in [-0.39, 0.29) is 35.6 Å². The molecule has 44 heavy (non-hydrogen) atoms. The average Bonchev–Trinajstić information content (AvgIpc) is 3.35. The van der Waals surface area contributed by atoms with Crippen molar-refractivity contribution in [2.45, 2.75) is 13.1 Å². The highest BCUT2D eigenvalue weighted by molar-refractivity contribution is 6.06. The minimum absolute atomic E-state index is 0.105. The SMILES string of the molecule is O=C(O)c1ccc(CNC(=O)c2cc(-c3ccc(F)cc3)cc3oc(=O)n(Cc4ccc(-c5ccc(F)cc5)cc4)c23)cc1. The predicted octanol–water partition coefficient (Wildman–Crippen LogP) is 6.88. The Kier molecular flexibility index (Phi) is 7.59. The fourth-order valence-electron chi connectivity index (χ4n) is 5.00. The molecule has 0 bridgehead atoms. The Balaban J connectivity index is 1.36. The summed E-state index contributed by atoms with van der Waals surface area (Å²) < 4.78 is 34.0. The van der Waals surface area contributed by atoms with E-state index in [1.807, 2.05) is 24.3 Å².